The van der Waals surface area contributed by atoms with Crippen molar-refractivity contribution in [1.29, 1.82) is 0 Å². The van der Waals surface area contributed by atoms with Crippen LogP contribution in [0.2, 0.25) is 0 Å². The van der Waals surface area contributed by atoms with E-state index in [2.05, 4.69) is 4.98 Å². The van der Waals surface area contributed by atoms with Crippen molar-refractivity contribution >= 4 is 5.69 Å². The van der Waals surface area contributed by atoms with Gasteiger partial charge in [-0.1, -0.05) is 6.07 Å². The first kappa shape index (κ1) is 11.4. The van der Waals surface area contributed by atoms with E-state index in [0.717, 1.165) is 5.82 Å². The quantitative estimate of drug-likeness (QED) is 0.821. The smallest absolute Gasteiger partial charge is 0.177 e. The highest BCUT2D eigenvalue weighted by Gasteiger charge is 2.07. The first-order valence-corrected chi connectivity index (χ1v) is 5.31. The number of rotatable bonds is 4. The Morgan fingerprint density at radius 2 is 2.29 bits per heavy atom. The van der Waals surface area contributed by atoms with Gasteiger partial charge in [-0.2, -0.15) is 0 Å². The number of nitrogens with zero attached hydrogens (tertiary/aromatic N) is 2. The van der Waals surface area contributed by atoms with Crippen LogP contribution in [0.3, 0.4) is 0 Å². The predicted octanol–water partition coefficient (Wildman–Crippen LogP) is 1.76. The molecule has 2 rings (SSSR count). The summed E-state index contributed by atoms with van der Waals surface area (Å²) in [5.41, 5.74) is 5.93. The van der Waals surface area contributed by atoms with Crippen LogP contribution >= 0.6 is 0 Å². The average molecular weight is 235 g/mol. The van der Waals surface area contributed by atoms with E-state index in [0.29, 0.717) is 18.7 Å². The van der Waals surface area contributed by atoms with Gasteiger partial charge in [-0.05, 0) is 12.1 Å². The van der Waals surface area contributed by atoms with Gasteiger partial charge >= 0.3 is 0 Å². The molecule has 4 nitrogen and oxygen atoms in total. The summed E-state index contributed by atoms with van der Waals surface area (Å²) >= 11 is 0. The summed E-state index contributed by atoms with van der Waals surface area (Å²) in [4.78, 5) is 4.15. The predicted molar refractivity (Wildman–Crippen MR) is 63.2 cm³/mol. The van der Waals surface area contributed by atoms with E-state index >= 15 is 0 Å². The van der Waals surface area contributed by atoms with E-state index in [1.54, 1.807) is 18.3 Å². The minimum Gasteiger partial charge on any atom is -0.488 e. The third-order valence-corrected chi connectivity index (χ3v) is 2.49. The number of hydrogen-bond acceptors (Lipinski definition) is 3. The van der Waals surface area contributed by atoms with Crippen molar-refractivity contribution < 1.29 is 9.13 Å². The number of nitrogen functional groups attached to an aromatic ring is 1. The van der Waals surface area contributed by atoms with E-state index in [9.17, 15) is 4.39 Å². The highest BCUT2D eigenvalue weighted by Crippen LogP contribution is 2.24. The fourth-order valence-electron chi connectivity index (χ4n) is 1.56. The van der Waals surface area contributed by atoms with Gasteiger partial charge in [0.15, 0.2) is 11.6 Å². The molecule has 2 N–H and O–H groups in total. The zero-order valence-electron chi connectivity index (χ0n) is 9.56. The molecular formula is C12H14FN3O. The lowest BCUT2D eigenvalue weighted by atomic mass is 10.3. The molecule has 0 aliphatic heterocycles. The molecule has 0 fully saturated rings. The highest BCUT2D eigenvalue weighted by molar-refractivity contribution is 5.52. The number of anilines is 1. The van der Waals surface area contributed by atoms with Crippen molar-refractivity contribution in [2.45, 2.75) is 6.42 Å². The number of benzene rings is 1. The second-order valence-electron chi connectivity index (χ2n) is 3.71. The van der Waals surface area contributed by atoms with Crippen LogP contribution in [0.25, 0.3) is 0 Å². The molecule has 0 atom stereocenters. The Hall–Kier alpha value is -2.04. The van der Waals surface area contributed by atoms with Crippen LogP contribution in [0.15, 0.2) is 30.6 Å². The molecule has 1 aromatic carbocycles. The third-order valence-electron chi connectivity index (χ3n) is 2.49. The number of aryl methyl sites for hydroxylation is 1. The molecule has 0 aliphatic carbocycles. The van der Waals surface area contributed by atoms with Crippen LogP contribution in [-0.4, -0.2) is 16.2 Å². The largest absolute Gasteiger partial charge is 0.488 e. The van der Waals surface area contributed by atoms with Crippen LogP contribution in [0.5, 0.6) is 5.75 Å². The molecule has 0 bridgehead atoms. The molecule has 0 unspecified atom stereocenters. The van der Waals surface area contributed by atoms with Gasteiger partial charge in [0.25, 0.3) is 0 Å². The zero-order chi connectivity index (χ0) is 12.3. The van der Waals surface area contributed by atoms with Crippen LogP contribution in [-0.2, 0) is 13.5 Å². The van der Waals surface area contributed by atoms with Gasteiger partial charge in [-0.15, -0.1) is 0 Å². The van der Waals surface area contributed by atoms with Gasteiger partial charge in [0.2, 0.25) is 0 Å². The molecule has 5 heteroatoms. The maximum Gasteiger partial charge on any atom is 0.177 e. The summed E-state index contributed by atoms with van der Waals surface area (Å²) in [6.45, 7) is 0.343. The standard InChI is InChI=1S/C12H14FN3O/c1-16-7-6-15-11(16)5-8-17-12-9(13)3-2-4-10(12)14/h2-4,6-7H,5,8,14H2,1H3. The van der Waals surface area contributed by atoms with E-state index < -0.39 is 5.82 Å². The molecule has 0 radical (unpaired) electrons. The van der Waals surface area contributed by atoms with Crippen LogP contribution < -0.4 is 10.5 Å². The van der Waals surface area contributed by atoms with Crippen molar-refractivity contribution in [2.75, 3.05) is 12.3 Å². The van der Waals surface area contributed by atoms with Crippen LogP contribution in [0.1, 0.15) is 5.82 Å². The van der Waals surface area contributed by atoms with Crippen molar-refractivity contribution in [3.8, 4) is 5.75 Å². The maximum atomic E-state index is 13.4. The minimum atomic E-state index is -0.440. The Morgan fingerprint density at radius 3 is 2.94 bits per heavy atom. The van der Waals surface area contributed by atoms with E-state index in [1.807, 2.05) is 17.8 Å². The van der Waals surface area contributed by atoms with Gasteiger partial charge < -0.3 is 15.0 Å². The highest BCUT2D eigenvalue weighted by atomic mass is 19.1. The van der Waals surface area contributed by atoms with Gasteiger partial charge in [-0.3, -0.25) is 0 Å². The molecule has 90 valence electrons. The molecule has 1 heterocycles. The topological polar surface area (TPSA) is 53.1 Å². The Bertz CT molecular complexity index is 490. The summed E-state index contributed by atoms with van der Waals surface area (Å²) < 4.78 is 20.6. The number of imidazole rings is 1. The Labute approximate surface area is 98.8 Å². The van der Waals surface area contributed by atoms with E-state index in [-0.39, 0.29) is 5.75 Å². The lowest BCUT2D eigenvalue weighted by Crippen LogP contribution is -2.08. The summed E-state index contributed by atoms with van der Waals surface area (Å²) in [6.07, 6.45) is 4.18. The Morgan fingerprint density at radius 1 is 1.47 bits per heavy atom. The van der Waals surface area contributed by atoms with E-state index in [1.165, 1.54) is 6.07 Å². The second kappa shape index (κ2) is 4.86. The Balaban J connectivity index is 1.97. The molecule has 0 saturated carbocycles. The summed E-state index contributed by atoms with van der Waals surface area (Å²) in [5.74, 6) is 0.562. The number of ether oxygens (including phenoxy) is 1. The normalized spacial score (nSPS) is 10.5. The molecule has 0 aliphatic rings. The number of nitrogens with two attached hydrogens (primary N) is 1. The summed E-state index contributed by atoms with van der Waals surface area (Å²) in [7, 11) is 1.90. The van der Waals surface area contributed by atoms with Crippen molar-refractivity contribution in [2.24, 2.45) is 7.05 Å². The SMILES string of the molecule is Cn1ccnc1CCOc1c(N)cccc1F. The van der Waals surface area contributed by atoms with Crippen LogP contribution in [0, 0.1) is 5.82 Å². The fourth-order valence-corrected chi connectivity index (χ4v) is 1.56. The molecule has 0 spiro atoms. The maximum absolute atomic E-state index is 13.4. The number of halogens is 1. The molecule has 0 saturated heterocycles. The molecule has 17 heavy (non-hydrogen) atoms. The minimum absolute atomic E-state index is 0.113. The van der Waals surface area contributed by atoms with E-state index in [4.69, 9.17) is 10.5 Å². The van der Waals surface area contributed by atoms with Gasteiger partial charge in [-0.25, -0.2) is 9.37 Å². The van der Waals surface area contributed by atoms with Gasteiger partial charge in [0, 0.05) is 25.9 Å². The number of para-hydroxylation sites is 1. The molecule has 1 aromatic heterocycles. The van der Waals surface area contributed by atoms with Crippen LogP contribution in [0.4, 0.5) is 10.1 Å². The summed E-state index contributed by atoms with van der Waals surface area (Å²) in [6, 6.07) is 4.49. The van der Waals surface area contributed by atoms with Gasteiger partial charge in [0.05, 0.1) is 12.3 Å². The lowest BCUT2D eigenvalue weighted by molar-refractivity contribution is 0.303. The summed E-state index contributed by atoms with van der Waals surface area (Å²) in [5, 5.41) is 0. The molecule has 2 aromatic rings. The second-order valence-corrected chi connectivity index (χ2v) is 3.71. The first-order chi connectivity index (χ1) is 8.18. The first-order valence-electron chi connectivity index (χ1n) is 5.31. The van der Waals surface area contributed by atoms with Crippen molar-refractivity contribution in [1.82, 2.24) is 9.55 Å². The average Bonchev–Trinajstić information content (AvgIpc) is 2.69. The monoisotopic (exact) mass is 235 g/mol. The Kier molecular flexibility index (Phi) is 3.27. The number of hydrogen-bond donors (Lipinski definition) is 1. The zero-order valence-corrected chi connectivity index (χ0v) is 9.56. The lowest BCUT2D eigenvalue weighted by Gasteiger charge is -2.09. The third kappa shape index (κ3) is 2.55. The molecular weight excluding hydrogens is 221 g/mol. The number of aromatic nitrogens is 2. The van der Waals surface area contributed by atoms with Crippen molar-refractivity contribution in [3.05, 3.63) is 42.2 Å². The van der Waals surface area contributed by atoms with Gasteiger partial charge in [0.1, 0.15) is 5.82 Å². The fraction of sp³-hybridized carbons (Fsp3) is 0.250. The molecule has 0 amide bonds. The van der Waals surface area contributed by atoms with Crippen molar-refractivity contribution in [3.63, 3.8) is 0 Å².